The zero-order valence-electron chi connectivity index (χ0n) is 10.6. The van der Waals surface area contributed by atoms with E-state index in [0.29, 0.717) is 37.4 Å². The number of rotatable bonds is 7. The minimum absolute atomic E-state index is 0.00804. The van der Waals surface area contributed by atoms with E-state index in [1.165, 1.54) is 4.90 Å². The maximum atomic E-state index is 11.5. The number of para-hydroxylation sites is 2. The highest BCUT2D eigenvalue weighted by Gasteiger charge is 2.07. The molecule has 1 aromatic rings. The molecule has 0 saturated heterocycles. The summed E-state index contributed by atoms with van der Waals surface area (Å²) in [6.07, 6.45) is 1.03. The summed E-state index contributed by atoms with van der Waals surface area (Å²) in [7, 11) is 1.68. The Balaban J connectivity index is 2.23. The lowest BCUT2D eigenvalue weighted by atomic mass is 10.3. The molecule has 1 amide bonds. The molecule has 0 aromatic heterocycles. The van der Waals surface area contributed by atoms with Crippen molar-refractivity contribution in [2.75, 3.05) is 32.5 Å². The lowest BCUT2D eigenvalue weighted by Crippen LogP contribution is -2.29. The highest BCUT2D eigenvalue weighted by Crippen LogP contribution is 2.19. The van der Waals surface area contributed by atoms with Crippen molar-refractivity contribution in [3.05, 3.63) is 24.3 Å². The zero-order chi connectivity index (χ0) is 13.4. The van der Waals surface area contributed by atoms with E-state index in [0.717, 1.165) is 0 Å². The first kappa shape index (κ1) is 14.3. The second-order valence-electron chi connectivity index (χ2n) is 4.03. The van der Waals surface area contributed by atoms with Crippen LogP contribution in [0.3, 0.4) is 0 Å². The van der Waals surface area contributed by atoms with Gasteiger partial charge in [-0.3, -0.25) is 4.79 Å². The van der Waals surface area contributed by atoms with Crippen LogP contribution in [0.25, 0.3) is 0 Å². The van der Waals surface area contributed by atoms with Gasteiger partial charge in [0.25, 0.3) is 0 Å². The van der Waals surface area contributed by atoms with Crippen LogP contribution in [0.4, 0.5) is 5.69 Å². The van der Waals surface area contributed by atoms with Crippen LogP contribution in [0, 0.1) is 0 Å². The SMILES string of the molecule is CN(CCO)C(=O)CCCOc1ccccc1N. The summed E-state index contributed by atoms with van der Waals surface area (Å²) in [5, 5.41) is 8.70. The van der Waals surface area contributed by atoms with Crippen molar-refractivity contribution >= 4 is 11.6 Å². The van der Waals surface area contributed by atoms with Gasteiger partial charge in [-0.25, -0.2) is 0 Å². The van der Waals surface area contributed by atoms with E-state index in [1.54, 1.807) is 19.2 Å². The van der Waals surface area contributed by atoms with Crippen molar-refractivity contribution in [3.8, 4) is 5.75 Å². The summed E-state index contributed by atoms with van der Waals surface area (Å²) in [4.78, 5) is 13.1. The summed E-state index contributed by atoms with van der Waals surface area (Å²) in [6.45, 7) is 0.803. The maximum absolute atomic E-state index is 11.5. The van der Waals surface area contributed by atoms with E-state index in [4.69, 9.17) is 15.6 Å². The van der Waals surface area contributed by atoms with Crippen molar-refractivity contribution in [3.63, 3.8) is 0 Å². The lowest BCUT2D eigenvalue weighted by Gasteiger charge is -2.15. The first-order chi connectivity index (χ1) is 8.65. The van der Waals surface area contributed by atoms with Gasteiger partial charge in [-0.15, -0.1) is 0 Å². The molecule has 0 radical (unpaired) electrons. The number of aliphatic hydroxyl groups is 1. The number of aliphatic hydroxyl groups excluding tert-OH is 1. The van der Waals surface area contributed by atoms with Crippen LogP contribution in [-0.2, 0) is 4.79 Å². The number of carbonyl (C=O) groups excluding carboxylic acids is 1. The predicted octanol–water partition coefficient (Wildman–Crippen LogP) is 0.878. The highest BCUT2D eigenvalue weighted by molar-refractivity contribution is 5.75. The molecule has 5 heteroatoms. The topological polar surface area (TPSA) is 75.8 Å². The molecule has 1 rings (SSSR count). The van der Waals surface area contributed by atoms with Gasteiger partial charge in [0.05, 0.1) is 18.9 Å². The third-order valence-corrected chi connectivity index (χ3v) is 2.57. The van der Waals surface area contributed by atoms with Gasteiger partial charge in [0.1, 0.15) is 5.75 Å². The van der Waals surface area contributed by atoms with Gasteiger partial charge in [-0.1, -0.05) is 12.1 Å². The average Bonchev–Trinajstić information content (AvgIpc) is 2.36. The van der Waals surface area contributed by atoms with Gasteiger partial charge < -0.3 is 20.5 Å². The normalized spacial score (nSPS) is 10.1. The van der Waals surface area contributed by atoms with E-state index < -0.39 is 0 Å². The standard InChI is InChI=1S/C13H20N2O3/c1-15(8-9-16)13(17)7-4-10-18-12-6-3-2-5-11(12)14/h2-3,5-6,16H,4,7-10,14H2,1H3. The molecule has 0 saturated carbocycles. The van der Waals surface area contributed by atoms with Crippen LogP contribution < -0.4 is 10.5 Å². The molecule has 0 spiro atoms. The monoisotopic (exact) mass is 252 g/mol. The fourth-order valence-corrected chi connectivity index (χ4v) is 1.48. The van der Waals surface area contributed by atoms with Crippen LogP contribution in [0.1, 0.15) is 12.8 Å². The molecule has 1 aromatic carbocycles. The summed E-state index contributed by atoms with van der Waals surface area (Å²) >= 11 is 0. The predicted molar refractivity (Wildman–Crippen MR) is 70.3 cm³/mol. The van der Waals surface area contributed by atoms with Crippen molar-refractivity contribution in [2.45, 2.75) is 12.8 Å². The average molecular weight is 252 g/mol. The summed E-state index contributed by atoms with van der Waals surface area (Å²) < 4.78 is 5.48. The minimum Gasteiger partial charge on any atom is -0.491 e. The number of anilines is 1. The van der Waals surface area contributed by atoms with Gasteiger partial charge in [0, 0.05) is 20.0 Å². The lowest BCUT2D eigenvalue weighted by molar-refractivity contribution is -0.130. The molecule has 18 heavy (non-hydrogen) atoms. The van der Waals surface area contributed by atoms with E-state index in [-0.39, 0.29) is 12.5 Å². The smallest absolute Gasteiger partial charge is 0.222 e. The molecule has 0 bridgehead atoms. The molecule has 0 heterocycles. The Morgan fingerprint density at radius 1 is 1.44 bits per heavy atom. The fourth-order valence-electron chi connectivity index (χ4n) is 1.48. The van der Waals surface area contributed by atoms with Crippen LogP contribution >= 0.6 is 0 Å². The van der Waals surface area contributed by atoms with E-state index >= 15 is 0 Å². The van der Waals surface area contributed by atoms with Crippen LogP contribution in [0.5, 0.6) is 5.75 Å². The number of benzene rings is 1. The number of nitrogens with zero attached hydrogens (tertiary/aromatic N) is 1. The molecule has 3 N–H and O–H groups in total. The van der Waals surface area contributed by atoms with Crippen LogP contribution in [0.2, 0.25) is 0 Å². The maximum Gasteiger partial charge on any atom is 0.222 e. The highest BCUT2D eigenvalue weighted by atomic mass is 16.5. The fraction of sp³-hybridized carbons (Fsp3) is 0.462. The Bertz CT molecular complexity index is 382. The van der Waals surface area contributed by atoms with Gasteiger partial charge in [-0.05, 0) is 18.6 Å². The molecule has 0 aliphatic heterocycles. The van der Waals surface area contributed by atoms with Gasteiger partial charge in [0.15, 0.2) is 0 Å². The van der Waals surface area contributed by atoms with Crippen molar-refractivity contribution in [1.82, 2.24) is 4.90 Å². The Kier molecular flexibility index (Phi) is 6.00. The van der Waals surface area contributed by atoms with Crippen molar-refractivity contribution < 1.29 is 14.6 Å². The third kappa shape index (κ3) is 4.63. The largest absolute Gasteiger partial charge is 0.491 e. The number of nitrogen functional groups attached to an aromatic ring is 1. The minimum atomic E-state index is -0.0146. The molecule has 5 nitrogen and oxygen atoms in total. The number of carbonyl (C=O) groups is 1. The molecular formula is C13H20N2O3. The van der Waals surface area contributed by atoms with E-state index in [2.05, 4.69) is 0 Å². The number of ether oxygens (including phenoxy) is 1. The molecule has 0 fully saturated rings. The Morgan fingerprint density at radius 2 is 2.17 bits per heavy atom. The quantitative estimate of drug-likeness (QED) is 0.558. The summed E-state index contributed by atoms with van der Waals surface area (Å²) in [5.74, 6) is 0.655. The van der Waals surface area contributed by atoms with Crippen molar-refractivity contribution in [1.29, 1.82) is 0 Å². The molecule has 100 valence electrons. The number of hydrogen-bond donors (Lipinski definition) is 2. The number of nitrogens with two attached hydrogens (primary N) is 1. The number of amides is 1. The van der Waals surface area contributed by atoms with Gasteiger partial charge >= 0.3 is 0 Å². The molecule has 0 aliphatic carbocycles. The summed E-state index contributed by atoms with van der Waals surface area (Å²) in [6, 6.07) is 7.27. The molecular weight excluding hydrogens is 232 g/mol. The Hall–Kier alpha value is -1.75. The third-order valence-electron chi connectivity index (χ3n) is 2.57. The van der Waals surface area contributed by atoms with E-state index in [9.17, 15) is 4.79 Å². The second kappa shape index (κ2) is 7.55. The number of hydrogen-bond acceptors (Lipinski definition) is 4. The molecule has 0 atom stereocenters. The van der Waals surface area contributed by atoms with Crippen molar-refractivity contribution in [2.24, 2.45) is 0 Å². The molecule has 0 unspecified atom stereocenters. The first-order valence-corrected chi connectivity index (χ1v) is 5.97. The van der Waals surface area contributed by atoms with Crippen LogP contribution in [-0.4, -0.2) is 42.7 Å². The summed E-state index contributed by atoms with van der Waals surface area (Å²) in [5.41, 5.74) is 6.32. The van der Waals surface area contributed by atoms with Gasteiger partial charge in [0.2, 0.25) is 5.91 Å². The van der Waals surface area contributed by atoms with Crippen LogP contribution in [0.15, 0.2) is 24.3 Å². The zero-order valence-corrected chi connectivity index (χ0v) is 10.6. The number of likely N-dealkylation sites (N-methyl/N-ethyl adjacent to an activating group) is 1. The van der Waals surface area contributed by atoms with E-state index in [1.807, 2.05) is 12.1 Å². The second-order valence-corrected chi connectivity index (χ2v) is 4.03. The van der Waals surface area contributed by atoms with Gasteiger partial charge in [-0.2, -0.15) is 0 Å². The first-order valence-electron chi connectivity index (χ1n) is 5.97. The molecule has 0 aliphatic rings. The Morgan fingerprint density at radius 3 is 2.83 bits per heavy atom. The Labute approximate surface area is 107 Å².